The maximum Gasteiger partial charge on any atom is 0.421 e. The first kappa shape index (κ1) is 18.1. The molecule has 0 amide bonds. The molecule has 0 aliphatic carbocycles. The number of nitrogens with one attached hydrogen (secondary N) is 1. The first-order valence-corrected chi connectivity index (χ1v) is 6.99. The second kappa shape index (κ2) is 7.56. The summed E-state index contributed by atoms with van der Waals surface area (Å²) in [4.78, 5) is 3.59. The summed E-state index contributed by atoms with van der Waals surface area (Å²) in [6, 6.07) is 9.50. The van der Waals surface area contributed by atoms with Crippen LogP contribution in [0.3, 0.4) is 0 Å². The lowest BCUT2D eigenvalue weighted by molar-refractivity contribution is -0.138. The predicted octanol–water partition coefficient (Wildman–Crippen LogP) is 4.89. The maximum atomic E-state index is 12.9. The lowest BCUT2D eigenvalue weighted by atomic mass is 10.2. The Kier molecular flexibility index (Phi) is 5.48. The van der Waals surface area contributed by atoms with Gasteiger partial charge in [-0.2, -0.15) is 23.7 Å². The van der Waals surface area contributed by atoms with E-state index >= 15 is 0 Å². The quantitative estimate of drug-likeness (QED) is 0.781. The van der Waals surface area contributed by atoms with Crippen molar-refractivity contribution in [2.75, 3.05) is 5.32 Å². The van der Waals surface area contributed by atoms with Gasteiger partial charge in [0.15, 0.2) is 0 Å². The van der Waals surface area contributed by atoms with Crippen molar-refractivity contribution in [2.24, 2.45) is 0 Å². The third kappa shape index (κ3) is 4.63. The van der Waals surface area contributed by atoms with Crippen molar-refractivity contribution < 1.29 is 17.9 Å². The average Bonchev–Trinajstić information content (AvgIpc) is 2.57. The van der Waals surface area contributed by atoms with Gasteiger partial charge in [0.25, 0.3) is 0 Å². The van der Waals surface area contributed by atoms with Crippen LogP contribution in [0.15, 0.2) is 48.3 Å². The Morgan fingerprint density at radius 1 is 1.24 bits per heavy atom. The van der Waals surface area contributed by atoms with Gasteiger partial charge in [-0.3, -0.25) is 0 Å². The van der Waals surface area contributed by atoms with Gasteiger partial charge in [0.05, 0.1) is 5.02 Å². The molecule has 0 atom stereocenters. The number of rotatable bonds is 4. The number of anilines is 1. The smallest absolute Gasteiger partial charge is 0.421 e. The molecule has 0 aliphatic rings. The van der Waals surface area contributed by atoms with Gasteiger partial charge in [0.2, 0.25) is 5.88 Å². The van der Waals surface area contributed by atoms with Gasteiger partial charge >= 0.3 is 6.18 Å². The van der Waals surface area contributed by atoms with Gasteiger partial charge in [-0.15, -0.1) is 0 Å². The van der Waals surface area contributed by atoms with E-state index in [2.05, 4.69) is 10.3 Å². The van der Waals surface area contributed by atoms with Crippen LogP contribution in [-0.2, 0) is 6.18 Å². The molecule has 0 saturated heterocycles. The minimum Gasteiger partial charge on any atom is -0.437 e. The molecule has 25 heavy (non-hydrogen) atoms. The highest BCUT2D eigenvalue weighted by atomic mass is 35.5. The van der Waals surface area contributed by atoms with Gasteiger partial charge in [-0.1, -0.05) is 11.6 Å². The van der Waals surface area contributed by atoms with Crippen molar-refractivity contribution in [1.29, 1.82) is 10.5 Å². The van der Waals surface area contributed by atoms with E-state index < -0.39 is 17.6 Å². The number of pyridine rings is 1. The van der Waals surface area contributed by atoms with Crippen molar-refractivity contribution in [3.8, 4) is 23.8 Å². The van der Waals surface area contributed by atoms with E-state index in [1.54, 1.807) is 12.1 Å². The molecule has 2 aromatic rings. The van der Waals surface area contributed by atoms with Crippen LogP contribution in [-0.4, -0.2) is 4.98 Å². The summed E-state index contributed by atoms with van der Waals surface area (Å²) in [5.74, 6) is -0.644. The van der Waals surface area contributed by atoms with Crippen molar-refractivity contribution in [2.45, 2.75) is 6.18 Å². The number of aromatic nitrogens is 1. The molecule has 1 heterocycles. The van der Waals surface area contributed by atoms with Crippen molar-refractivity contribution in [3.05, 3.63) is 58.9 Å². The summed E-state index contributed by atoms with van der Waals surface area (Å²) in [5.41, 5.74) is -0.763. The van der Waals surface area contributed by atoms with Gasteiger partial charge in [0, 0.05) is 18.1 Å². The monoisotopic (exact) mass is 364 g/mol. The highest BCUT2D eigenvalue weighted by molar-refractivity contribution is 6.32. The molecule has 0 radical (unpaired) electrons. The van der Waals surface area contributed by atoms with Crippen molar-refractivity contribution in [1.82, 2.24) is 4.98 Å². The number of alkyl halides is 3. The molecule has 9 heteroatoms. The number of ether oxygens (including phenoxy) is 1. The Morgan fingerprint density at radius 2 is 1.96 bits per heavy atom. The number of hydrogen-bond acceptors (Lipinski definition) is 5. The zero-order valence-electron chi connectivity index (χ0n) is 12.3. The number of allylic oxidation sites excluding steroid dienone is 1. The fourth-order valence-corrected chi connectivity index (χ4v) is 1.93. The van der Waals surface area contributed by atoms with Crippen LogP contribution in [0.5, 0.6) is 11.6 Å². The highest BCUT2D eigenvalue weighted by Gasteiger charge is 2.35. The van der Waals surface area contributed by atoms with E-state index in [1.165, 1.54) is 30.6 Å². The Labute approximate surface area is 145 Å². The summed E-state index contributed by atoms with van der Waals surface area (Å²) in [6.07, 6.45) is -2.27. The summed E-state index contributed by atoms with van der Waals surface area (Å²) >= 11 is 6.00. The summed E-state index contributed by atoms with van der Waals surface area (Å²) in [5, 5.41) is 20.0. The molecule has 0 unspecified atom stereocenters. The van der Waals surface area contributed by atoms with Crippen LogP contribution in [0, 0.1) is 22.7 Å². The molecule has 2 rings (SSSR count). The molecule has 0 aliphatic heterocycles. The average molecular weight is 365 g/mol. The number of hydrogen-bond donors (Lipinski definition) is 1. The molecular weight excluding hydrogens is 357 g/mol. The Hall–Kier alpha value is -3.23. The fraction of sp³-hybridized carbons (Fsp3) is 0.0625. The first-order chi connectivity index (χ1) is 11.8. The summed E-state index contributed by atoms with van der Waals surface area (Å²) in [7, 11) is 0. The molecule has 1 aromatic carbocycles. The van der Waals surface area contributed by atoms with E-state index in [4.69, 9.17) is 26.9 Å². The minimum absolute atomic E-state index is 0.0210. The third-order valence-electron chi connectivity index (χ3n) is 2.84. The number of nitrogens with zero attached hydrogens (tertiary/aromatic N) is 3. The zero-order valence-corrected chi connectivity index (χ0v) is 13.1. The van der Waals surface area contributed by atoms with Gasteiger partial charge in [-0.25, -0.2) is 4.98 Å². The van der Waals surface area contributed by atoms with Crippen LogP contribution in [0.2, 0.25) is 5.02 Å². The van der Waals surface area contributed by atoms with Crippen LogP contribution in [0.1, 0.15) is 5.56 Å². The lowest BCUT2D eigenvalue weighted by Crippen LogP contribution is -2.08. The lowest BCUT2D eigenvalue weighted by Gasteiger charge is -2.13. The molecule has 5 nitrogen and oxygen atoms in total. The largest absolute Gasteiger partial charge is 0.437 e. The Morgan fingerprint density at radius 3 is 2.56 bits per heavy atom. The summed E-state index contributed by atoms with van der Waals surface area (Å²) < 4.78 is 44.0. The minimum atomic E-state index is -4.62. The Balaban J connectivity index is 2.25. The SMILES string of the molecule is N#CC(C#N)=CNc1ccc(Oc2ncccc2C(F)(F)F)c(Cl)c1. The fourth-order valence-electron chi connectivity index (χ4n) is 1.71. The van der Waals surface area contributed by atoms with Gasteiger partial charge < -0.3 is 10.1 Å². The first-order valence-electron chi connectivity index (χ1n) is 6.61. The van der Waals surface area contributed by atoms with Crippen LogP contribution >= 0.6 is 11.6 Å². The normalized spacial score (nSPS) is 10.3. The molecule has 0 fully saturated rings. The molecule has 1 N–H and O–H groups in total. The molecule has 0 spiro atoms. The molecule has 0 saturated carbocycles. The Bertz CT molecular complexity index is 881. The number of nitriles is 2. The second-order valence-electron chi connectivity index (χ2n) is 4.53. The third-order valence-corrected chi connectivity index (χ3v) is 3.13. The van der Waals surface area contributed by atoms with E-state index in [0.717, 1.165) is 12.1 Å². The van der Waals surface area contributed by atoms with Crippen LogP contribution in [0.25, 0.3) is 0 Å². The zero-order chi connectivity index (χ0) is 18.4. The van der Waals surface area contributed by atoms with Crippen molar-refractivity contribution >= 4 is 17.3 Å². The highest BCUT2D eigenvalue weighted by Crippen LogP contribution is 2.38. The maximum absolute atomic E-state index is 12.9. The van der Waals surface area contributed by atoms with E-state index in [0.29, 0.717) is 5.69 Å². The van der Waals surface area contributed by atoms with Gasteiger partial charge in [0.1, 0.15) is 29.0 Å². The molecular formula is C16H8ClF3N4O. The van der Waals surface area contributed by atoms with Gasteiger partial charge in [-0.05, 0) is 30.3 Å². The molecule has 0 bridgehead atoms. The predicted molar refractivity (Wildman–Crippen MR) is 83.7 cm³/mol. The van der Waals surface area contributed by atoms with Crippen LogP contribution < -0.4 is 10.1 Å². The second-order valence-corrected chi connectivity index (χ2v) is 4.93. The van der Waals surface area contributed by atoms with E-state index in [1.807, 2.05) is 0 Å². The number of benzene rings is 1. The molecule has 126 valence electrons. The summed E-state index contributed by atoms with van der Waals surface area (Å²) in [6.45, 7) is 0. The standard InChI is InChI=1S/C16H8ClF3N4O/c17-13-6-11(24-9-10(7-21)8-22)3-4-14(13)25-15-12(16(18,19)20)2-1-5-23-15/h1-6,9,24H. The van der Waals surface area contributed by atoms with Crippen molar-refractivity contribution in [3.63, 3.8) is 0 Å². The number of halogens is 4. The topological polar surface area (TPSA) is 81.7 Å². The van der Waals surface area contributed by atoms with E-state index in [9.17, 15) is 13.2 Å². The van der Waals surface area contributed by atoms with E-state index in [-0.39, 0.29) is 16.3 Å². The molecule has 1 aromatic heterocycles. The van der Waals surface area contributed by atoms with Crippen LogP contribution in [0.4, 0.5) is 18.9 Å².